The summed E-state index contributed by atoms with van der Waals surface area (Å²) in [7, 11) is 0. The summed E-state index contributed by atoms with van der Waals surface area (Å²) < 4.78 is 34.3. The van der Waals surface area contributed by atoms with Crippen molar-refractivity contribution in [1.29, 1.82) is 0 Å². The smallest absolute Gasteiger partial charge is 0.320 e. The van der Waals surface area contributed by atoms with Gasteiger partial charge in [-0.3, -0.25) is 9.20 Å². The molecule has 6 heterocycles. The summed E-state index contributed by atoms with van der Waals surface area (Å²) in [6, 6.07) is 6.72. The first-order valence-electron chi connectivity index (χ1n) is 13.0. The first-order valence-corrected chi connectivity index (χ1v) is 13.0. The standard InChI is InChI=1S/C28H26F2N6O2/c29-19-12-17-15-35(28(38)33-7-3-1-4-8-33)11-10-34-16-18(24(25(19)30)27(17)34)23-21(37)14-32-26(23)20-13-31-22-6-2-5-9-36(20)22/h2,5-6,9,12-13,16,32H,1,3-4,7-8,10-11,14-15H2. The van der Waals surface area contributed by atoms with Crippen LogP contribution in [0.3, 0.4) is 0 Å². The van der Waals surface area contributed by atoms with Crippen molar-refractivity contribution in [1.82, 2.24) is 29.1 Å². The lowest BCUT2D eigenvalue weighted by Crippen LogP contribution is -2.45. The highest BCUT2D eigenvalue weighted by molar-refractivity contribution is 6.33. The third-order valence-corrected chi connectivity index (χ3v) is 7.88. The van der Waals surface area contributed by atoms with Crippen molar-refractivity contribution in [3.63, 3.8) is 0 Å². The molecule has 0 atom stereocenters. The average molecular weight is 517 g/mol. The molecule has 38 heavy (non-hydrogen) atoms. The van der Waals surface area contributed by atoms with Crippen molar-refractivity contribution in [2.75, 3.05) is 26.2 Å². The predicted octanol–water partition coefficient (Wildman–Crippen LogP) is 4.03. The summed E-state index contributed by atoms with van der Waals surface area (Å²) in [5.74, 6) is -2.18. The van der Waals surface area contributed by atoms with Gasteiger partial charge in [-0.25, -0.2) is 18.6 Å². The van der Waals surface area contributed by atoms with Gasteiger partial charge in [-0.15, -0.1) is 0 Å². The molecule has 2 amide bonds. The molecule has 4 aromatic rings. The molecule has 1 fully saturated rings. The maximum Gasteiger partial charge on any atom is 0.320 e. The van der Waals surface area contributed by atoms with Crippen LogP contribution in [-0.2, 0) is 17.9 Å². The van der Waals surface area contributed by atoms with E-state index >= 15 is 8.78 Å². The quantitative estimate of drug-likeness (QED) is 0.437. The zero-order valence-electron chi connectivity index (χ0n) is 20.7. The Balaban J connectivity index is 1.37. The molecule has 1 aromatic carbocycles. The number of likely N-dealkylation sites (tertiary alicyclic amines) is 1. The first kappa shape index (κ1) is 22.9. The van der Waals surface area contributed by atoms with Gasteiger partial charge < -0.3 is 19.7 Å². The van der Waals surface area contributed by atoms with Crippen molar-refractivity contribution in [2.45, 2.75) is 32.4 Å². The molecule has 8 nitrogen and oxygen atoms in total. The average Bonchev–Trinajstić information content (AvgIpc) is 3.61. The third-order valence-electron chi connectivity index (χ3n) is 7.88. The molecule has 10 heteroatoms. The van der Waals surface area contributed by atoms with E-state index in [4.69, 9.17) is 0 Å². The highest BCUT2D eigenvalue weighted by atomic mass is 19.2. The predicted molar refractivity (Wildman–Crippen MR) is 138 cm³/mol. The normalized spacial score (nSPS) is 18.0. The number of hydrogen-bond donors (Lipinski definition) is 1. The Kier molecular flexibility index (Phi) is 5.24. The molecule has 3 aliphatic heterocycles. The van der Waals surface area contributed by atoms with E-state index in [1.165, 1.54) is 6.07 Å². The Labute approximate surface area is 217 Å². The lowest BCUT2D eigenvalue weighted by molar-refractivity contribution is -0.112. The van der Waals surface area contributed by atoms with Crippen molar-refractivity contribution < 1.29 is 18.4 Å². The van der Waals surface area contributed by atoms with Crippen LogP contribution in [0.4, 0.5) is 13.6 Å². The van der Waals surface area contributed by atoms with Gasteiger partial charge >= 0.3 is 6.03 Å². The summed E-state index contributed by atoms with van der Waals surface area (Å²) in [4.78, 5) is 34.5. The number of Topliss-reactive ketones (excluding diaryl/α,β-unsaturated/α-hetero) is 1. The van der Waals surface area contributed by atoms with Crippen LogP contribution >= 0.6 is 0 Å². The molecule has 0 radical (unpaired) electrons. The molecule has 0 spiro atoms. The van der Waals surface area contributed by atoms with Gasteiger partial charge in [0.2, 0.25) is 0 Å². The van der Waals surface area contributed by atoms with E-state index in [-0.39, 0.29) is 30.3 Å². The Morgan fingerprint density at radius 3 is 2.71 bits per heavy atom. The molecule has 3 aromatic heterocycles. The van der Waals surface area contributed by atoms with E-state index in [2.05, 4.69) is 10.3 Å². The fourth-order valence-electron chi connectivity index (χ4n) is 6.08. The van der Waals surface area contributed by atoms with Gasteiger partial charge in [0.15, 0.2) is 17.4 Å². The van der Waals surface area contributed by atoms with Gasteiger partial charge in [0.1, 0.15) is 5.65 Å². The molecule has 7 rings (SSSR count). The first-order chi connectivity index (χ1) is 18.5. The zero-order valence-corrected chi connectivity index (χ0v) is 20.7. The number of rotatable bonds is 2. The summed E-state index contributed by atoms with van der Waals surface area (Å²) in [5.41, 5.74) is 3.65. The Morgan fingerprint density at radius 2 is 1.87 bits per heavy atom. The molecule has 1 saturated heterocycles. The van der Waals surface area contributed by atoms with Crippen LogP contribution in [0.5, 0.6) is 0 Å². The number of aromatic nitrogens is 3. The molecule has 1 N–H and O–H groups in total. The van der Waals surface area contributed by atoms with Crippen LogP contribution in [0.25, 0.3) is 27.8 Å². The van der Waals surface area contributed by atoms with E-state index < -0.39 is 11.6 Å². The Morgan fingerprint density at radius 1 is 1.03 bits per heavy atom. The summed E-state index contributed by atoms with van der Waals surface area (Å²) >= 11 is 0. The number of imidazole rings is 1. The van der Waals surface area contributed by atoms with E-state index in [0.717, 1.165) is 19.3 Å². The number of pyridine rings is 1. The third kappa shape index (κ3) is 3.43. The number of urea groups is 1. The molecular weight excluding hydrogens is 490 g/mol. The molecular formula is C28H26F2N6O2. The van der Waals surface area contributed by atoms with Crippen LogP contribution < -0.4 is 5.32 Å². The monoisotopic (exact) mass is 516 g/mol. The van der Waals surface area contributed by atoms with Gasteiger partial charge in [-0.2, -0.15) is 0 Å². The number of hydrogen-bond acceptors (Lipinski definition) is 4. The number of halogens is 2. The minimum atomic E-state index is -0.992. The number of nitrogens with zero attached hydrogens (tertiary/aromatic N) is 5. The van der Waals surface area contributed by atoms with Gasteiger partial charge in [0.25, 0.3) is 0 Å². The maximum absolute atomic E-state index is 15.5. The Bertz CT molecular complexity index is 1660. The van der Waals surface area contributed by atoms with E-state index in [1.54, 1.807) is 17.3 Å². The lowest BCUT2D eigenvalue weighted by Gasteiger charge is -2.32. The number of fused-ring (bicyclic) bond motifs is 1. The number of amides is 2. The van der Waals surface area contributed by atoms with Crippen LogP contribution in [-0.4, -0.2) is 61.7 Å². The largest absolute Gasteiger partial charge is 0.375 e. The van der Waals surface area contributed by atoms with Gasteiger partial charge in [-0.05, 0) is 43.0 Å². The zero-order chi connectivity index (χ0) is 26.0. The van der Waals surface area contributed by atoms with Gasteiger partial charge in [0, 0.05) is 56.1 Å². The summed E-state index contributed by atoms with van der Waals surface area (Å²) in [6.45, 7) is 2.48. The van der Waals surface area contributed by atoms with Crippen molar-refractivity contribution >= 4 is 39.6 Å². The van der Waals surface area contributed by atoms with Crippen molar-refractivity contribution in [3.05, 3.63) is 71.3 Å². The van der Waals surface area contributed by atoms with Crippen LogP contribution in [0.2, 0.25) is 0 Å². The SMILES string of the molecule is O=C1CNC(c2cnc3ccccn23)=C1c1cn2c3c(cc(F)c(F)c13)CN(C(=O)N1CCCCC1)CC2. The number of nitrogens with one attached hydrogen (secondary N) is 1. The second kappa shape index (κ2) is 8.68. The lowest BCUT2D eigenvalue weighted by atomic mass is 9.98. The number of carbonyl (C=O) groups is 2. The van der Waals surface area contributed by atoms with Crippen molar-refractivity contribution in [2.24, 2.45) is 0 Å². The number of carbonyl (C=O) groups excluding carboxylic acids is 2. The minimum Gasteiger partial charge on any atom is -0.375 e. The highest BCUT2D eigenvalue weighted by Gasteiger charge is 2.34. The molecule has 0 aliphatic carbocycles. The Hall–Kier alpha value is -4.21. The fourth-order valence-corrected chi connectivity index (χ4v) is 6.08. The van der Waals surface area contributed by atoms with Crippen molar-refractivity contribution in [3.8, 4) is 0 Å². The minimum absolute atomic E-state index is 0.0549. The van der Waals surface area contributed by atoms with Crippen LogP contribution in [0.15, 0.2) is 42.9 Å². The summed E-state index contributed by atoms with van der Waals surface area (Å²) in [6.07, 6.45) is 8.32. The van der Waals surface area contributed by atoms with Gasteiger partial charge in [0.05, 0.1) is 35.2 Å². The van der Waals surface area contributed by atoms with E-state index in [1.807, 2.05) is 38.3 Å². The number of piperidine rings is 1. The van der Waals surface area contributed by atoms with E-state index in [9.17, 15) is 9.59 Å². The van der Waals surface area contributed by atoms with E-state index in [0.29, 0.717) is 65.4 Å². The molecule has 0 unspecified atom stereocenters. The number of ketones is 1. The molecule has 0 saturated carbocycles. The van der Waals surface area contributed by atoms with Gasteiger partial charge in [-0.1, -0.05) is 6.07 Å². The fraction of sp³-hybridized carbons (Fsp3) is 0.321. The molecule has 0 bridgehead atoms. The van der Waals surface area contributed by atoms with Crippen LogP contribution in [0.1, 0.15) is 36.1 Å². The molecule has 194 valence electrons. The number of benzene rings is 1. The second-order valence-corrected chi connectivity index (χ2v) is 10.1. The second-order valence-electron chi connectivity index (χ2n) is 10.1. The van der Waals surface area contributed by atoms with Crippen LogP contribution in [0, 0.1) is 11.6 Å². The summed E-state index contributed by atoms with van der Waals surface area (Å²) in [5, 5.41) is 3.24. The topological polar surface area (TPSA) is 74.9 Å². The molecule has 3 aliphatic rings. The highest BCUT2D eigenvalue weighted by Crippen LogP contribution is 2.39. The maximum atomic E-state index is 15.5.